The van der Waals surface area contributed by atoms with Crippen LogP contribution in [0.15, 0.2) is 58.1 Å². The lowest BCUT2D eigenvalue weighted by Crippen LogP contribution is -2.57. The second-order valence-corrected chi connectivity index (χ2v) is 15.2. The molecule has 4 heterocycles. The van der Waals surface area contributed by atoms with Crippen molar-refractivity contribution in [3.63, 3.8) is 0 Å². The number of rotatable bonds is 0. The van der Waals surface area contributed by atoms with E-state index in [2.05, 4.69) is 67.6 Å². The van der Waals surface area contributed by atoms with Gasteiger partial charge in [-0.3, -0.25) is 9.59 Å². The lowest BCUT2D eigenvalue weighted by molar-refractivity contribution is -0.131. The van der Waals surface area contributed by atoms with Crippen molar-refractivity contribution in [1.82, 2.24) is 4.40 Å². The molecule has 3 nitrogen and oxygen atoms in total. The second-order valence-electron chi connectivity index (χ2n) is 15.2. The number of para-hydroxylation sites is 2. The first-order valence-electron chi connectivity index (χ1n) is 15.6. The predicted octanol–water partition coefficient (Wildman–Crippen LogP) is 7.74. The number of benzene rings is 3. The van der Waals surface area contributed by atoms with Gasteiger partial charge in [0, 0.05) is 21.5 Å². The minimum absolute atomic E-state index is 0.0810. The fourth-order valence-corrected chi connectivity index (χ4v) is 11.3. The van der Waals surface area contributed by atoms with Crippen molar-refractivity contribution in [2.45, 2.75) is 70.1 Å². The molecule has 0 saturated heterocycles. The van der Waals surface area contributed by atoms with Gasteiger partial charge in [-0.1, -0.05) is 45.0 Å². The molecule has 5 aromatic rings. The monoisotopic (exact) mass is 525 g/mol. The molecule has 8 bridgehead atoms. The van der Waals surface area contributed by atoms with E-state index in [1.807, 2.05) is 6.07 Å². The molecule has 40 heavy (non-hydrogen) atoms. The summed E-state index contributed by atoms with van der Waals surface area (Å²) in [5.41, 5.74) is 6.82. The van der Waals surface area contributed by atoms with E-state index in [1.54, 1.807) is 0 Å². The SMILES string of the molecule is CC(C)(C)c1cc2c(=O)c3cccc4c3n3c5c(cccc5c(=O)c(c1)c23)C1C2CC3CC5C2CC4CC5C1C3. The molecule has 3 aromatic carbocycles. The third-order valence-corrected chi connectivity index (χ3v) is 12.6. The topological polar surface area (TPSA) is 38.5 Å². The minimum Gasteiger partial charge on any atom is -0.307 e. The van der Waals surface area contributed by atoms with Crippen LogP contribution >= 0.6 is 0 Å². The molecule has 5 aliphatic carbocycles. The Morgan fingerprint density at radius 3 is 1.75 bits per heavy atom. The number of pyridine rings is 2. The van der Waals surface area contributed by atoms with Crippen LogP contribution in [0.25, 0.3) is 38.1 Å². The van der Waals surface area contributed by atoms with E-state index in [0.717, 1.165) is 68.4 Å². The predicted molar refractivity (Wildman–Crippen MR) is 162 cm³/mol. The molecule has 0 N–H and O–H groups in total. The summed E-state index contributed by atoms with van der Waals surface area (Å²) in [5.74, 6) is 5.80. The first-order valence-corrected chi connectivity index (χ1v) is 15.6. The number of hydrogen-bond donors (Lipinski definition) is 0. The van der Waals surface area contributed by atoms with E-state index in [1.165, 1.54) is 43.2 Å². The molecule has 4 unspecified atom stereocenters. The van der Waals surface area contributed by atoms with Crippen LogP contribution in [-0.2, 0) is 5.41 Å². The molecule has 2 aromatic heterocycles. The zero-order chi connectivity index (χ0) is 26.8. The van der Waals surface area contributed by atoms with Gasteiger partial charge in [-0.25, -0.2) is 0 Å². The van der Waals surface area contributed by atoms with Crippen molar-refractivity contribution in [2.75, 3.05) is 0 Å². The summed E-state index contributed by atoms with van der Waals surface area (Å²) in [6.45, 7) is 6.50. The Morgan fingerprint density at radius 2 is 1.15 bits per heavy atom. The third kappa shape index (κ3) is 2.47. The lowest BCUT2D eigenvalue weighted by Gasteiger charge is -2.65. The molecule has 5 saturated carbocycles. The van der Waals surface area contributed by atoms with Crippen molar-refractivity contribution in [3.05, 3.63) is 85.7 Å². The van der Waals surface area contributed by atoms with Gasteiger partial charge in [0.25, 0.3) is 0 Å². The Kier molecular flexibility index (Phi) is 3.92. The summed E-state index contributed by atoms with van der Waals surface area (Å²) in [4.78, 5) is 28.9. The van der Waals surface area contributed by atoms with E-state index < -0.39 is 0 Å². The Balaban J connectivity index is 1.49. The van der Waals surface area contributed by atoms with Gasteiger partial charge in [-0.2, -0.15) is 0 Å². The van der Waals surface area contributed by atoms with Crippen LogP contribution in [-0.4, -0.2) is 4.40 Å². The summed E-state index contributed by atoms with van der Waals surface area (Å²) in [6.07, 6.45) is 6.69. The molecule has 4 atom stereocenters. The maximum atomic E-state index is 14.5. The molecule has 200 valence electrons. The molecule has 5 fully saturated rings. The number of hydrogen-bond acceptors (Lipinski definition) is 2. The largest absolute Gasteiger partial charge is 0.307 e. The zero-order valence-corrected chi connectivity index (χ0v) is 23.5. The van der Waals surface area contributed by atoms with Gasteiger partial charge in [0.1, 0.15) is 0 Å². The van der Waals surface area contributed by atoms with Crippen molar-refractivity contribution in [3.8, 4) is 0 Å². The highest BCUT2D eigenvalue weighted by molar-refractivity contribution is 6.09. The fourth-order valence-electron chi connectivity index (χ4n) is 11.3. The van der Waals surface area contributed by atoms with Gasteiger partial charge < -0.3 is 4.40 Å². The second kappa shape index (κ2) is 6.98. The van der Waals surface area contributed by atoms with Gasteiger partial charge >= 0.3 is 0 Å². The lowest BCUT2D eigenvalue weighted by atomic mass is 9.39. The van der Waals surface area contributed by atoms with Crippen LogP contribution in [0.5, 0.6) is 0 Å². The van der Waals surface area contributed by atoms with Gasteiger partial charge in [0.15, 0.2) is 10.9 Å². The normalized spacial score (nSPS) is 33.6. The van der Waals surface area contributed by atoms with Gasteiger partial charge in [-0.15, -0.1) is 0 Å². The van der Waals surface area contributed by atoms with Crippen LogP contribution in [0, 0.1) is 35.5 Å². The quantitative estimate of drug-likeness (QED) is 0.153. The smallest absolute Gasteiger partial charge is 0.197 e. The number of nitrogens with zero attached hydrogens (tertiary/aromatic N) is 1. The first-order chi connectivity index (χ1) is 19.3. The fraction of sp³-hybridized carbons (Fsp3) is 0.459. The highest BCUT2D eigenvalue weighted by Crippen LogP contribution is 2.70. The van der Waals surface area contributed by atoms with Gasteiger partial charge in [0.05, 0.1) is 16.6 Å². The maximum Gasteiger partial charge on any atom is 0.197 e. The van der Waals surface area contributed by atoms with Crippen molar-refractivity contribution in [1.29, 1.82) is 0 Å². The molecule has 0 radical (unpaired) electrons. The molecule has 2 aliphatic heterocycles. The Morgan fingerprint density at radius 1 is 0.625 bits per heavy atom. The molecule has 7 aliphatic rings. The summed E-state index contributed by atoms with van der Waals surface area (Å²) in [7, 11) is 0. The van der Waals surface area contributed by atoms with Crippen LogP contribution in [0.4, 0.5) is 0 Å². The van der Waals surface area contributed by atoms with Crippen LogP contribution in [0.3, 0.4) is 0 Å². The Labute approximate surface area is 233 Å². The van der Waals surface area contributed by atoms with Crippen molar-refractivity contribution < 1.29 is 0 Å². The summed E-state index contributed by atoms with van der Waals surface area (Å²) in [6, 6.07) is 17.3. The first kappa shape index (κ1) is 22.5. The zero-order valence-electron chi connectivity index (χ0n) is 23.5. The molecule has 3 heteroatoms. The molecular formula is C37H35NO2. The van der Waals surface area contributed by atoms with Crippen molar-refractivity contribution >= 4 is 38.1 Å². The maximum absolute atomic E-state index is 14.5. The average Bonchev–Trinajstić information content (AvgIpc) is 2.94. The third-order valence-electron chi connectivity index (χ3n) is 12.6. The van der Waals surface area contributed by atoms with Crippen LogP contribution in [0.1, 0.15) is 81.4 Å². The summed E-state index contributed by atoms with van der Waals surface area (Å²) >= 11 is 0. The van der Waals surface area contributed by atoms with Crippen LogP contribution in [0.2, 0.25) is 0 Å². The molecule has 0 spiro atoms. The van der Waals surface area contributed by atoms with E-state index in [9.17, 15) is 9.59 Å². The molecule has 0 amide bonds. The van der Waals surface area contributed by atoms with Gasteiger partial charge in [-0.05, 0) is 126 Å². The van der Waals surface area contributed by atoms with E-state index in [0.29, 0.717) is 22.6 Å². The number of aromatic nitrogens is 1. The standard InChI is InChI=1S/C37H35NO2/c1-37(2,3)19-15-29-34-30(16-19)36(40)23-9-5-7-21-31-27-11-17-10-24-25(27)13-18(14-26(24)28(31)12-17)20-6-4-8-22(35(29)39)32(20)38(34)33(21)23/h4-9,15-18,24-28,31H,10-14H2,1-3H3. The molecule has 12 rings (SSSR count). The Bertz CT molecular complexity index is 2040. The van der Waals surface area contributed by atoms with E-state index in [-0.39, 0.29) is 16.3 Å². The van der Waals surface area contributed by atoms with Crippen LogP contribution < -0.4 is 10.9 Å². The van der Waals surface area contributed by atoms with E-state index >= 15 is 0 Å². The van der Waals surface area contributed by atoms with Gasteiger partial charge in [0.2, 0.25) is 0 Å². The highest BCUT2D eigenvalue weighted by atomic mass is 16.1. The highest BCUT2D eigenvalue weighted by Gasteiger charge is 2.61. The molecular weight excluding hydrogens is 490 g/mol. The minimum atomic E-state index is -0.168. The summed E-state index contributed by atoms with van der Waals surface area (Å²) in [5, 5.41) is 3.05. The van der Waals surface area contributed by atoms with Crippen molar-refractivity contribution in [2.24, 2.45) is 35.5 Å². The Hall–Kier alpha value is -3.20. The summed E-state index contributed by atoms with van der Waals surface area (Å²) < 4.78 is 2.42. The average molecular weight is 526 g/mol. The van der Waals surface area contributed by atoms with E-state index in [4.69, 9.17) is 0 Å².